The molecule has 3 aromatic rings. The number of urea groups is 1. The number of anilines is 2. The molecule has 4 N–H and O–H groups in total. The Balaban J connectivity index is 1.43. The van der Waals surface area contributed by atoms with Crippen LogP contribution in [0.3, 0.4) is 0 Å². The van der Waals surface area contributed by atoms with Crippen LogP contribution in [-0.4, -0.2) is 49.1 Å². The molecule has 0 radical (unpaired) electrons. The van der Waals surface area contributed by atoms with E-state index in [0.29, 0.717) is 11.9 Å². The van der Waals surface area contributed by atoms with Crippen molar-refractivity contribution in [3.63, 3.8) is 0 Å². The second-order valence-electron chi connectivity index (χ2n) is 12.8. The van der Waals surface area contributed by atoms with Crippen molar-refractivity contribution in [2.24, 2.45) is 0 Å². The first-order chi connectivity index (χ1) is 17.8. The Labute approximate surface area is 229 Å². The molecular weight excluding hydrogens is 496 g/mol. The Morgan fingerprint density at radius 3 is 2.39 bits per heavy atom. The van der Waals surface area contributed by atoms with E-state index in [1.807, 2.05) is 33.9 Å². The third-order valence-corrected chi connectivity index (χ3v) is 7.73. The average molecular weight is 537 g/mol. The number of amides is 2. The Hall–Kier alpha value is -3.01. The molecule has 0 aromatic carbocycles. The fourth-order valence-corrected chi connectivity index (χ4v) is 6.03. The predicted octanol–water partition coefficient (Wildman–Crippen LogP) is 5.98. The zero-order chi connectivity index (χ0) is 27.2. The standard InChI is InChI=1S/C28H40N8OS/c1-15-20(24-33-22-19(38-24)12-13-29-21(22)16-8-9-16)23(34-25(30-15)35-27(2,3)4)31-17-10-11-18(14-17)32-26(37)36-28(5,6)7/h12-13,16-18H,8-11,14H2,1-7H3,(H2,32,36,37)(H2,30,31,34,35). The highest BCUT2D eigenvalue weighted by Crippen LogP contribution is 2.44. The van der Waals surface area contributed by atoms with Crippen LogP contribution in [0.5, 0.6) is 0 Å². The van der Waals surface area contributed by atoms with Crippen LogP contribution in [0.15, 0.2) is 12.3 Å². The van der Waals surface area contributed by atoms with E-state index >= 15 is 0 Å². The number of aromatic nitrogens is 4. The van der Waals surface area contributed by atoms with Crippen molar-refractivity contribution in [2.45, 2.75) is 110 Å². The van der Waals surface area contributed by atoms with E-state index in [4.69, 9.17) is 15.0 Å². The number of carbonyl (C=O) groups excluding carboxylic acids is 1. The van der Waals surface area contributed by atoms with Gasteiger partial charge in [-0.1, -0.05) is 0 Å². The Kier molecular flexibility index (Phi) is 6.96. The topological polar surface area (TPSA) is 117 Å². The smallest absolute Gasteiger partial charge is 0.315 e. The van der Waals surface area contributed by atoms with Gasteiger partial charge >= 0.3 is 6.03 Å². The highest BCUT2D eigenvalue weighted by Gasteiger charge is 2.31. The molecule has 10 heteroatoms. The number of carbonyl (C=O) groups is 1. The van der Waals surface area contributed by atoms with Crippen molar-refractivity contribution in [1.82, 2.24) is 30.6 Å². The van der Waals surface area contributed by atoms with Gasteiger partial charge in [0.25, 0.3) is 0 Å². The molecule has 5 rings (SSSR count). The molecule has 0 spiro atoms. The van der Waals surface area contributed by atoms with Gasteiger partial charge in [-0.05, 0) is 86.6 Å². The first kappa shape index (κ1) is 26.6. The lowest BCUT2D eigenvalue weighted by Crippen LogP contribution is -2.49. The minimum absolute atomic E-state index is 0.114. The molecular formula is C28H40N8OS. The number of nitrogens with zero attached hydrogens (tertiary/aromatic N) is 4. The van der Waals surface area contributed by atoms with Crippen molar-refractivity contribution in [3.05, 3.63) is 23.7 Å². The molecule has 2 saturated carbocycles. The van der Waals surface area contributed by atoms with E-state index in [2.05, 4.69) is 53.1 Å². The number of rotatable bonds is 6. The largest absolute Gasteiger partial charge is 0.366 e. The molecule has 0 aliphatic heterocycles. The molecule has 3 aromatic heterocycles. The molecule has 2 atom stereocenters. The van der Waals surface area contributed by atoms with Crippen molar-refractivity contribution in [3.8, 4) is 10.6 Å². The van der Waals surface area contributed by atoms with Crippen LogP contribution in [0.4, 0.5) is 16.6 Å². The maximum atomic E-state index is 12.4. The summed E-state index contributed by atoms with van der Waals surface area (Å²) in [6, 6.07) is 2.23. The Bertz CT molecular complexity index is 1340. The van der Waals surface area contributed by atoms with Crippen LogP contribution >= 0.6 is 11.3 Å². The van der Waals surface area contributed by atoms with Crippen LogP contribution < -0.4 is 21.3 Å². The third-order valence-electron chi connectivity index (χ3n) is 6.69. The zero-order valence-corrected chi connectivity index (χ0v) is 24.3. The summed E-state index contributed by atoms with van der Waals surface area (Å²) in [6.45, 7) is 14.3. The number of thiazole rings is 1. The van der Waals surface area contributed by atoms with Gasteiger partial charge in [-0.15, -0.1) is 11.3 Å². The van der Waals surface area contributed by atoms with Crippen molar-refractivity contribution < 1.29 is 4.79 Å². The van der Waals surface area contributed by atoms with E-state index in [9.17, 15) is 4.79 Å². The first-order valence-corrected chi connectivity index (χ1v) is 14.4. The highest BCUT2D eigenvalue weighted by molar-refractivity contribution is 7.21. The molecule has 2 amide bonds. The summed E-state index contributed by atoms with van der Waals surface area (Å²) in [5, 5.41) is 14.2. The van der Waals surface area contributed by atoms with Crippen LogP contribution in [0, 0.1) is 6.92 Å². The molecule has 2 aliphatic rings. The Morgan fingerprint density at radius 2 is 1.71 bits per heavy atom. The lowest BCUT2D eigenvalue weighted by atomic mass is 10.1. The van der Waals surface area contributed by atoms with Crippen molar-refractivity contribution in [1.29, 1.82) is 0 Å². The van der Waals surface area contributed by atoms with Crippen LogP contribution in [0.1, 0.15) is 91.0 Å². The molecule has 2 fully saturated rings. The lowest BCUT2D eigenvalue weighted by molar-refractivity contribution is 0.228. The van der Waals surface area contributed by atoms with Gasteiger partial charge in [0.15, 0.2) is 0 Å². The minimum Gasteiger partial charge on any atom is -0.366 e. The summed E-state index contributed by atoms with van der Waals surface area (Å²) in [7, 11) is 0. The molecule has 3 heterocycles. The van der Waals surface area contributed by atoms with Crippen LogP contribution in [-0.2, 0) is 0 Å². The van der Waals surface area contributed by atoms with Crippen molar-refractivity contribution >= 4 is 39.4 Å². The van der Waals surface area contributed by atoms with Gasteiger partial charge in [0, 0.05) is 35.3 Å². The molecule has 2 unspecified atom stereocenters. The fraction of sp³-hybridized carbons (Fsp3) is 0.607. The van der Waals surface area contributed by atoms with Gasteiger partial charge in [-0.2, -0.15) is 4.98 Å². The van der Waals surface area contributed by atoms with Gasteiger partial charge in [0.1, 0.15) is 16.3 Å². The second-order valence-corrected chi connectivity index (χ2v) is 13.8. The number of hydrogen-bond donors (Lipinski definition) is 4. The summed E-state index contributed by atoms with van der Waals surface area (Å²) < 4.78 is 1.15. The summed E-state index contributed by atoms with van der Waals surface area (Å²) in [4.78, 5) is 31.9. The van der Waals surface area contributed by atoms with E-state index in [1.54, 1.807) is 11.3 Å². The highest BCUT2D eigenvalue weighted by atomic mass is 32.1. The lowest BCUT2D eigenvalue weighted by Gasteiger charge is -2.24. The normalized spacial score (nSPS) is 20.0. The number of hydrogen-bond acceptors (Lipinski definition) is 8. The second kappa shape index (κ2) is 9.94. The van der Waals surface area contributed by atoms with E-state index in [0.717, 1.165) is 57.3 Å². The number of pyridine rings is 1. The quantitative estimate of drug-likeness (QED) is 0.306. The van der Waals surface area contributed by atoms with Gasteiger partial charge in [0.2, 0.25) is 5.95 Å². The Morgan fingerprint density at radius 1 is 0.974 bits per heavy atom. The molecule has 0 bridgehead atoms. The third kappa shape index (κ3) is 6.34. The van der Waals surface area contributed by atoms with Gasteiger partial charge < -0.3 is 21.3 Å². The SMILES string of the molecule is Cc1nc(NC(C)(C)C)nc(NC2CCC(NC(=O)NC(C)(C)C)C2)c1-c1nc2c(C3CC3)nccc2s1. The summed E-state index contributed by atoms with van der Waals surface area (Å²) in [5.74, 6) is 1.91. The van der Waals surface area contributed by atoms with Crippen LogP contribution in [0.25, 0.3) is 20.8 Å². The fourth-order valence-electron chi connectivity index (χ4n) is 4.96. The monoisotopic (exact) mass is 536 g/mol. The zero-order valence-electron chi connectivity index (χ0n) is 23.5. The average Bonchev–Trinajstić information content (AvgIpc) is 3.38. The predicted molar refractivity (Wildman–Crippen MR) is 155 cm³/mol. The maximum absolute atomic E-state index is 12.4. The molecule has 38 heavy (non-hydrogen) atoms. The van der Waals surface area contributed by atoms with Gasteiger partial charge in [0.05, 0.1) is 21.7 Å². The summed E-state index contributed by atoms with van der Waals surface area (Å²) >= 11 is 1.67. The maximum Gasteiger partial charge on any atom is 0.315 e. The summed E-state index contributed by atoms with van der Waals surface area (Å²) in [5.41, 5.74) is 3.50. The van der Waals surface area contributed by atoms with Crippen LogP contribution in [0.2, 0.25) is 0 Å². The first-order valence-electron chi connectivity index (χ1n) is 13.6. The molecule has 204 valence electrons. The van der Waals surface area contributed by atoms with E-state index < -0.39 is 0 Å². The molecule has 2 aliphatic carbocycles. The molecule has 9 nitrogen and oxygen atoms in total. The molecule has 0 saturated heterocycles. The van der Waals surface area contributed by atoms with E-state index in [-0.39, 0.29) is 29.2 Å². The number of fused-ring (bicyclic) bond motifs is 1. The minimum atomic E-state index is -0.268. The van der Waals surface area contributed by atoms with Gasteiger partial charge in [-0.3, -0.25) is 4.98 Å². The van der Waals surface area contributed by atoms with E-state index in [1.165, 1.54) is 12.8 Å². The number of nitrogens with one attached hydrogen (secondary N) is 4. The van der Waals surface area contributed by atoms with Gasteiger partial charge in [-0.25, -0.2) is 14.8 Å². The summed E-state index contributed by atoms with van der Waals surface area (Å²) in [6.07, 6.45) is 6.97. The number of aryl methyl sites for hydroxylation is 1. The van der Waals surface area contributed by atoms with Crippen molar-refractivity contribution in [2.75, 3.05) is 10.6 Å².